The summed E-state index contributed by atoms with van der Waals surface area (Å²) in [4.78, 5) is 41.1. The van der Waals surface area contributed by atoms with Gasteiger partial charge in [-0.05, 0) is 37.6 Å². The summed E-state index contributed by atoms with van der Waals surface area (Å²) in [5, 5.41) is 2.84. The first kappa shape index (κ1) is 28.0. The van der Waals surface area contributed by atoms with Crippen molar-refractivity contribution in [2.75, 3.05) is 6.54 Å². The van der Waals surface area contributed by atoms with Crippen LogP contribution in [0, 0.1) is 5.82 Å². The number of benzene rings is 3. The minimum Gasteiger partial charge on any atom is -0.352 e. The SMILES string of the molecule is CC(C)NC(=O)[C@@H](Cc1ccccc1)N(Cc1ccccc1F)C(=O)CCN1C(=O)c2ccccc2S1(=O)=O. The fraction of sp³-hybridized carbons (Fsp3) is 0.276. The van der Waals surface area contributed by atoms with Gasteiger partial charge in [0.1, 0.15) is 16.8 Å². The summed E-state index contributed by atoms with van der Waals surface area (Å²) in [5.74, 6) is -2.25. The van der Waals surface area contributed by atoms with E-state index in [9.17, 15) is 27.2 Å². The van der Waals surface area contributed by atoms with E-state index in [0.29, 0.717) is 4.31 Å². The third-order valence-corrected chi connectivity index (χ3v) is 8.28. The van der Waals surface area contributed by atoms with E-state index in [2.05, 4.69) is 5.32 Å². The van der Waals surface area contributed by atoms with Gasteiger partial charge < -0.3 is 10.2 Å². The molecule has 3 amide bonds. The summed E-state index contributed by atoms with van der Waals surface area (Å²) in [6.07, 6.45) is -0.223. The van der Waals surface area contributed by atoms with Gasteiger partial charge in [-0.1, -0.05) is 60.7 Å². The zero-order chi connectivity index (χ0) is 28.2. The zero-order valence-corrected chi connectivity index (χ0v) is 22.5. The van der Waals surface area contributed by atoms with Gasteiger partial charge in [-0.3, -0.25) is 14.4 Å². The molecule has 1 N–H and O–H groups in total. The molecule has 4 rings (SSSR count). The molecule has 1 atom stereocenters. The van der Waals surface area contributed by atoms with E-state index >= 15 is 0 Å². The van der Waals surface area contributed by atoms with Crippen molar-refractivity contribution in [2.24, 2.45) is 0 Å². The van der Waals surface area contributed by atoms with E-state index in [0.717, 1.165) is 5.56 Å². The molecular weight excluding hydrogens is 521 g/mol. The Labute approximate surface area is 227 Å². The zero-order valence-electron chi connectivity index (χ0n) is 21.7. The molecule has 0 radical (unpaired) electrons. The molecule has 0 unspecified atom stereocenters. The quantitative estimate of drug-likeness (QED) is 0.415. The van der Waals surface area contributed by atoms with Crippen molar-refractivity contribution >= 4 is 27.7 Å². The molecule has 39 heavy (non-hydrogen) atoms. The molecule has 0 fully saturated rings. The number of carbonyl (C=O) groups excluding carboxylic acids is 3. The van der Waals surface area contributed by atoms with Crippen LogP contribution in [0.25, 0.3) is 0 Å². The first-order valence-corrected chi connectivity index (χ1v) is 14.1. The van der Waals surface area contributed by atoms with Crippen LogP contribution in [0.5, 0.6) is 0 Å². The lowest BCUT2D eigenvalue weighted by atomic mass is 10.0. The van der Waals surface area contributed by atoms with Crippen molar-refractivity contribution in [3.8, 4) is 0 Å². The topological polar surface area (TPSA) is 104 Å². The van der Waals surface area contributed by atoms with Crippen LogP contribution >= 0.6 is 0 Å². The van der Waals surface area contributed by atoms with Crippen LogP contribution in [0.3, 0.4) is 0 Å². The number of hydrogen-bond donors (Lipinski definition) is 1. The normalized spacial score (nSPS) is 14.7. The van der Waals surface area contributed by atoms with Gasteiger partial charge in [-0.25, -0.2) is 17.1 Å². The largest absolute Gasteiger partial charge is 0.352 e. The van der Waals surface area contributed by atoms with Crippen LogP contribution in [-0.2, 0) is 32.6 Å². The minimum atomic E-state index is -4.11. The van der Waals surface area contributed by atoms with E-state index in [1.165, 1.54) is 41.3 Å². The molecule has 0 aliphatic carbocycles. The highest BCUT2D eigenvalue weighted by Crippen LogP contribution is 2.30. The van der Waals surface area contributed by atoms with Gasteiger partial charge in [-0.15, -0.1) is 0 Å². The molecule has 0 spiro atoms. The highest BCUT2D eigenvalue weighted by Gasteiger charge is 2.41. The Morgan fingerprint density at radius 2 is 1.59 bits per heavy atom. The number of carbonyl (C=O) groups is 3. The monoisotopic (exact) mass is 551 g/mol. The molecule has 1 aliphatic heterocycles. The molecule has 1 aliphatic rings. The Morgan fingerprint density at radius 1 is 0.949 bits per heavy atom. The maximum Gasteiger partial charge on any atom is 0.269 e. The Bertz CT molecular complexity index is 1480. The van der Waals surface area contributed by atoms with E-state index in [1.54, 1.807) is 26.0 Å². The predicted octanol–water partition coefficient (Wildman–Crippen LogP) is 3.53. The van der Waals surface area contributed by atoms with Crippen LogP contribution in [-0.4, -0.2) is 54.0 Å². The van der Waals surface area contributed by atoms with Crippen molar-refractivity contribution in [1.82, 2.24) is 14.5 Å². The Balaban J connectivity index is 1.65. The summed E-state index contributed by atoms with van der Waals surface area (Å²) in [5.41, 5.74) is 1.05. The highest BCUT2D eigenvalue weighted by molar-refractivity contribution is 7.90. The molecule has 0 bridgehead atoms. The highest BCUT2D eigenvalue weighted by atomic mass is 32.2. The number of hydrogen-bond acceptors (Lipinski definition) is 5. The number of sulfonamides is 1. The molecule has 0 saturated heterocycles. The number of halogens is 1. The molecule has 3 aromatic carbocycles. The summed E-state index contributed by atoms with van der Waals surface area (Å²) >= 11 is 0. The fourth-order valence-corrected chi connectivity index (χ4v) is 6.11. The van der Waals surface area contributed by atoms with Crippen LogP contribution in [0.2, 0.25) is 0 Å². The number of fused-ring (bicyclic) bond motifs is 1. The third kappa shape index (κ3) is 6.17. The van der Waals surface area contributed by atoms with Crippen molar-refractivity contribution in [1.29, 1.82) is 0 Å². The molecule has 8 nitrogen and oxygen atoms in total. The standard InChI is InChI=1S/C29H30FN3O5S/c1-20(2)31-28(35)25(18-21-10-4-3-5-11-21)32(19-22-12-6-8-14-24(22)30)27(34)16-17-33-29(36)23-13-7-9-15-26(23)39(33,37)38/h3-15,20,25H,16-19H2,1-2H3,(H,31,35)/t25-/m1/s1. The molecule has 204 valence electrons. The van der Waals surface area contributed by atoms with Crippen LogP contribution < -0.4 is 5.32 Å². The van der Waals surface area contributed by atoms with E-state index in [4.69, 9.17) is 0 Å². The fourth-order valence-electron chi connectivity index (χ4n) is 4.54. The molecule has 3 aromatic rings. The molecule has 0 aromatic heterocycles. The van der Waals surface area contributed by atoms with Crippen molar-refractivity contribution < 1.29 is 27.2 Å². The summed E-state index contributed by atoms with van der Waals surface area (Å²) < 4.78 is 41.3. The van der Waals surface area contributed by atoms with Gasteiger partial charge in [0.25, 0.3) is 15.9 Å². The number of amides is 3. The first-order chi connectivity index (χ1) is 18.6. The van der Waals surface area contributed by atoms with Crippen molar-refractivity contribution in [3.05, 3.63) is 101 Å². The van der Waals surface area contributed by atoms with E-state index < -0.39 is 46.1 Å². The van der Waals surface area contributed by atoms with Crippen molar-refractivity contribution in [3.63, 3.8) is 0 Å². The Morgan fingerprint density at radius 3 is 2.26 bits per heavy atom. The van der Waals surface area contributed by atoms with Gasteiger partial charge >= 0.3 is 0 Å². The lowest BCUT2D eigenvalue weighted by molar-refractivity contribution is -0.141. The summed E-state index contributed by atoms with van der Waals surface area (Å²) in [6, 6.07) is 19.7. The molecule has 1 heterocycles. The van der Waals surface area contributed by atoms with Gasteiger partial charge in [0.2, 0.25) is 11.8 Å². The smallest absolute Gasteiger partial charge is 0.269 e. The van der Waals surface area contributed by atoms with Crippen molar-refractivity contribution in [2.45, 2.75) is 50.2 Å². The van der Waals surface area contributed by atoms with Gasteiger partial charge in [0, 0.05) is 37.5 Å². The second-order valence-corrected chi connectivity index (χ2v) is 11.4. The number of nitrogens with zero attached hydrogens (tertiary/aromatic N) is 2. The number of rotatable bonds is 10. The Hall–Kier alpha value is -4.05. The molecule has 0 saturated carbocycles. The van der Waals surface area contributed by atoms with Crippen LogP contribution in [0.15, 0.2) is 83.8 Å². The second kappa shape index (κ2) is 11.8. The van der Waals surface area contributed by atoms with Crippen LogP contribution in [0.1, 0.15) is 41.8 Å². The first-order valence-electron chi connectivity index (χ1n) is 12.6. The average molecular weight is 552 g/mol. The van der Waals surface area contributed by atoms with Gasteiger partial charge in [0.05, 0.1) is 5.56 Å². The molecule has 10 heteroatoms. The third-order valence-electron chi connectivity index (χ3n) is 6.44. The average Bonchev–Trinajstić information content (AvgIpc) is 3.10. The van der Waals surface area contributed by atoms with Gasteiger partial charge in [0.15, 0.2) is 0 Å². The lowest BCUT2D eigenvalue weighted by Crippen LogP contribution is -2.52. The maximum atomic E-state index is 14.7. The summed E-state index contributed by atoms with van der Waals surface area (Å²) in [6.45, 7) is 2.96. The minimum absolute atomic E-state index is 0.0476. The van der Waals surface area contributed by atoms with E-state index in [-0.39, 0.29) is 41.5 Å². The Kier molecular flexibility index (Phi) is 8.44. The number of nitrogens with one attached hydrogen (secondary N) is 1. The summed E-state index contributed by atoms with van der Waals surface area (Å²) in [7, 11) is -4.11. The predicted molar refractivity (Wildman–Crippen MR) is 143 cm³/mol. The second-order valence-electron chi connectivity index (χ2n) is 9.61. The lowest BCUT2D eigenvalue weighted by Gasteiger charge is -2.32. The van der Waals surface area contributed by atoms with E-state index in [1.807, 2.05) is 30.3 Å². The molecular formula is C29H30FN3O5S. The maximum absolute atomic E-state index is 14.7. The van der Waals surface area contributed by atoms with Gasteiger partial charge in [-0.2, -0.15) is 0 Å². The van der Waals surface area contributed by atoms with Crippen LogP contribution in [0.4, 0.5) is 4.39 Å².